The van der Waals surface area contributed by atoms with Gasteiger partial charge in [0.15, 0.2) is 6.79 Å². The predicted molar refractivity (Wildman–Crippen MR) is 80.6 cm³/mol. The van der Waals surface area contributed by atoms with Crippen molar-refractivity contribution in [1.82, 2.24) is 5.06 Å². The molecule has 20 heavy (non-hydrogen) atoms. The summed E-state index contributed by atoms with van der Waals surface area (Å²) in [6.45, 7) is 2.56. The van der Waals surface area contributed by atoms with Gasteiger partial charge in [-0.05, 0) is 32.1 Å². The summed E-state index contributed by atoms with van der Waals surface area (Å²) in [5.41, 5.74) is 2.42. The van der Waals surface area contributed by atoms with Crippen molar-refractivity contribution in [2.45, 2.75) is 39.0 Å². The van der Waals surface area contributed by atoms with Crippen LogP contribution in [0.2, 0.25) is 0 Å². The minimum atomic E-state index is -3.48. The monoisotopic (exact) mass is 301 g/mol. The van der Waals surface area contributed by atoms with Crippen LogP contribution in [0.3, 0.4) is 0 Å². The maximum atomic E-state index is 9.11. The van der Waals surface area contributed by atoms with Gasteiger partial charge in [0.2, 0.25) is 7.57 Å². The Balaban J connectivity index is 1.96. The molecule has 0 bridgehead atoms. The SMILES string of the molecule is C=P(O)(O)OCON1CC=C(C)C=C1C1CCCCC1. The highest BCUT2D eigenvalue weighted by Crippen LogP contribution is 2.36. The molecular weight excluding hydrogens is 277 g/mol. The van der Waals surface area contributed by atoms with Gasteiger partial charge in [0, 0.05) is 11.6 Å². The summed E-state index contributed by atoms with van der Waals surface area (Å²) < 4.78 is 4.79. The summed E-state index contributed by atoms with van der Waals surface area (Å²) in [4.78, 5) is 23.8. The van der Waals surface area contributed by atoms with Gasteiger partial charge < -0.3 is 9.79 Å². The Morgan fingerprint density at radius 1 is 1.35 bits per heavy atom. The average Bonchev–Trinajstić information content (AvgIpc) is 2.40. The van der Waals surface area contributed by atoms with E-state index in [0.717, 1.165) is 0 Å². The molecule has 0 atom stereocenters. The average molecular weight is 301 g/mol. The van der Waals surface area contributed by atoms with Gasteiger partial charge in [-0.2, -0.15) is 0 Å². The summed E-state index contributed by atoms with van der Waals surface area (Å²) >= 11 is 0. The summed E-state index contributed by atoms with van der Waals surface area (Å²) in [6, 6.07) is 0. The van der Waals surface area contributed by atoms with Crippen LogP contribution in [0.4, 0.5) is 0 Å². The number of hydrogen-bond donors (Lipinski definition) is 2. The van der Waals surface area contributed by atoms with E-state index in [-0.39, 0.29) is 6.79 Å². The van der Waals surface area contributed by atoms with Crippen LogP contribution < -0.4 is 0 Å². The van der Waals surface area contributed by atoms with E-state index in [1.165, 1.54) is 43.4 Å². The number of allylic oxidation sites excluding steroid dienone is 3. The molecule has 0 aromatic rings. The zero-order valence-electron chi connectivity index (χ0n) is 12.0. The maximum Gasteiger partial charge on any atom is 0.247 e. The molecule has 1 fully saturated rings. The lowest BCUT2D eigenvalue weighted by Crippen LogP contribution is -2.31. The van der Waals surface area contributed by atoms with Crippen LogP contribution in [0.1, 0.15) is 39.0 Å². The van der Waals surface area contributed by atoms with Crippen molar-refractivity contribution >= 4 is 13.9 Å². The fourth-order valence-electron chi connectivity index (χ4n) is 2.72. The largest absolute Gasteiger partial charge is 0.333 e. The van der Waals surface area contributed by atoms with E-state index in [1.807, 2.05) is 0 Å². The van der Waals surface area contributed by atoms with E-state index >= 15 is 0 Å². The van der Waals surface area contributed by atoms with Crippen LogP contribution in [0.15, 0.2) is 23.4 Å². The molecular formula is C14H24NO4P. The molecule has 1 aliphatic heterocycles. The van der Waals surface area contributed by atoms with E-state index in [9.17, 15) is 0 Å². The van der Waals surface area contributed by atoms with E-state index < -0.39 is 7.57 Å². The van der Waals surface area contributed by atoms with Crippen LogP contribution in [-0.2, 0) is 9.36 Å². The lowest BCUT2D eigenvalue weighted by atomic mass is 9.85. The van der Waals surface area contributed by atoms with E-state index in [2.05, 4.69) is 25.4 Å². The molecule has 1 saturated carbocycles. The second-order valence-electron chi connectivity index (χ2n) is 5.45. The Kier molecular flexibility index (Phi) is 5.47. The molecule has 1 heterocycles. The van der Waals surface area contributed by atoms with Crippen LogP contribution in [0, 0.1) is 5.92 Å². The van der Waals surface area contributed by atoms with Gasteiger partial charge >= 0.3 is 0 Å². The molecule has 2 rings (SSSR count). The van der Waals surface area contributed by atoms with Crippen molar-refractivity contribution in [2.24, 2.45) is 5.92 Å². The van der Waals surface area contributed by atoms with Crippen molar-refractivity contribution < 1.29 is 19.1 Å². The molecule has 2 N–H and O–H groups in total. The first-order valence-corrected chi connectivity index (χ1v) is 8.88. The van der Waals surface area contributed by atoms with Gasteiger partial charge in [-0.3, -0.25) is 9.59 Å². The maximum absolute atomic E-state index is 9.11. The van der Waals surface area contributed by atoms with E-state index in [1.54, 1.807) is 5.06 Å². The molecule has 0 amide bonds. The highest BCUT2D eigenvalue weighted by atomic mass is 31.2. The normalized spacial score (nSPS) is 21.6. The molecule has 0 radical (unpaired) electrons. The first-order chi connectivity index (χ1) is 9.46. The minimum absolute atomic E-state index is 0.193. The van der Waals surface area contributed by atoms with Gasteiger partial charge in [-0.1, -0.05) is 30.9 Å². The summed E-state index contributed by atoms with van der Waals surface area (Å²) in [6.07, 6.45) is 13.6. The third-order valence-electron chi connectivity index (χ3n) is 3.73. The third kappa shape index (κ3) is 4.76. The molecule has 1 aliphatic carbocycles. The highest BCUT2D eigenvalue weighted by molar-refractivity contribution is 7.57. The van der Waals surface area contributed by atoms with Crippen LogP contribution in [-0.4, -0.2) is 34.5 Å². The van der Waals surface area contributed by atoms with Crippen LogP contribution >= 0.6 is 7.57 Å². The molecule has 114 valence electrons. The topological polar surface area (TPSA) is 62.2 Å². The standard InChI is InChI=1S/C14H24NO4P/c1-12-8-9-15(18-11-19-20(2,16)17)14(10-12)13-6-4-3-5-7-13/h8,10,13,16-17H,2-7,9,11H2,1H3. The van der Waals surface area contributed by atoms with Gasteiger partial charge in [-0.25, -0.2) is 4.84 Å². The fraction of sp³-hybridized carbons (Fsp3) is 0.643. The Bertz CT molecular complexity index is 434. The van der Waals surface area contributed by atoms with Gasteiger partial charge in [0.1, 0.15) is 0 Å². The summed E-state index contributed by atoms with van der Waals surface area (Å²) in [5, 5.41) is 1.80. The molecule has 0 spiro atoms. The van der Waals surface area contributed by atoms with E-state index in [4.69, 9.17) is 19.1 Å². The second kappa shape index (κ2) is 6.92. The van der Waals surface area contributed by atoms with Gasteiger partial charge in [0.05, 0.1) is 6.54 Å². The lowest BCUT2D eigenvalue weighted by molar-refractivity contribution is -0.181. The van der Waals surface area contributed by atoms with Crippen LogP contribution in [0.25, 0.3) is 0 Å². The Hall–Kier alpha value is -0.580. The Morgan fingerprint density at radius 3 is 2.70 bits per heavy atom. The highest BCUT2D eigenvalue weighted by Gasteiger charge is 2.24. The van der Waals surface area contributed by atoms with Crippen molar-refractivity contribution in [3.05, 3.63) is 23.4 Å². The lowest BCUT2D eigenvalue weighted by Gasteiger charge is -2.35. The summed E-state index contributed by atoms with van der Waals surface area (Å²) in [5.74, 6) is 0.523. The fourth-order valence-corrected chi connectivity index (χ4v) is 2.93. The molecule has 0 aromatic heterocycles. The zero-order valence-corrected chi connectivity index (χ0v) is 12.9. The predicted octanol–water partition coefficient (Wildman–Crippen LogP) is 2.80. The van der Waals surface area contributed by atoms with Crippen molar-refractivity contribution in [3.8, 4) is 0 Å². The molecule has 0 aromatic carbocycles. The third-order valence-corrected chi connectivity index (χ3v) is 4.25. The smallest absolute Gasteiger partial charge is 0.247 e. The van der Waals surface area contributed by atoms with Crippen molar-refractivity contribution in [2.75, 3.05) is 13.3 Å². The molecule has 2 aliphatic rings. The van der Waals surface area contributed by atoms with Gasteiger partial charge in [0.25, 0.3) is 0 Å². The van der Waals surface area contributed by atoms with Crippen molar-refractivity contribution in [1.29, 1.82) is 0 Å². The minimum Gasteiger partial charge on any atom is -0.333 e. The number of nitrogens with zero attached hydrogens (tertiary/aromatic N) is 1. The number of hydrogen-bond acceptors (Lipinski definition) is 5. The van der Waals surface area contributed by atoms with Crippen LogP contribution in [0.5, 0.6) is 0 Å². The summed E-state index contributed by atoms with van der Waals surface area (Å²) in [7, 11) is -3.48. The first kappa shape index (κ1) is 15.8. The van der Waals surface area contributed by atoms with E-state index in [0.29, 0.717) is 12.5 Å². The first-order valence-electron chi connectivity index (χ1n) is 7.08. The number of rotatable bonds is 5. The second-order valence-corrected chi connectivity index (χ2v) is 7.04. The quantitative estimate of drug-likeness (QED) is 0.604. The molecule has 0 saturated heterocycles. The zero-order chi connectivity index (χ0) is 14.6. The molecule has 5 nitrogen and oxygen atoms in total. The molecule has 6 heteroatoms. The molecule has 0 unspecified atom stereocenters. The van der Waals surface area contributed by atoms with Crippen molar-refractivity contribution in [3.63, 3.8) is 0 Å². The van der Waals surface area contributed by atoms with Gasteiger partial charge in [-0.15, -0.1) is 0 Å². The number of hydroxylamine groups is 2. The Labute approximate surface area is 120 Å². The Morgan fingerprint density at radius 2 is 2.05 bits per heavy atom.